The third-order valence-electron chi connectivity index (χ3n) is 5.26. The fraction of sp³-hybridized carbons (Fsp3) is 0.333. The lowest BCUT2D eigenvalue weighted by Crippen LogP contribution is -2.33. The number of allylic oxidation sites excluding steroid dienone is 1. The van der Waals surface area contributed by atoms with E-state index in [1.165, 1.54) is 18.7 Å². The highest BCUT2D eigenvalue weighted by molar-refractivity contribution is 7.98. The maximum atomic E-state index is 13.4. The monoisotopic (exact) mass is 504 g/mol. The van der Waals surface area contributed by atoms with Crippen molar-refractivity contribution in [2.45, 2.75) is 30.5 Å². The van der Waals surface area contributed by atoms with Crippen LogP contribution >= 0.6 is 19.5 Å². The van der Waals surface area contributed by atoms with Crippen LogP contribution in [-0.2, 0) is 13.9 Å². The van der Waals surface area contributed by atoms with Crippen LogP contribution in [0.4, 0.5) is 5.95 Å². The first-order valence-electron chi connectivity index (χ1n) is 10.5. The molecule has 4 N–H and O–H groups in total. The molecule has 0 bridgehead atoms. The number of carboxylic acids is 1. The Morgan fingerprint density at radius 3 is 2.82 bits per heavy atom. The van der Waals surface area contributed by atoms with E-state index in [4.69, 9.17) is 14.8 Å². The third-order valence-corrected chi connectivity index (χ3v) is 7.57. The van der Waals surface area contributed by atoms with E-state index in [-0.39, 0.29) is 24.5 Å². The van der Waals surface area contributed by atoms with Gasteiger partial charge < -0.3 is 19.9 Å². The van der Waals surface area contributed by atoms with Crippen LogP contribution in [0.15, 0.2) is 53.8 Å². The summed E-state index contributed by atoms with van der Waals surface area (Å²) in [6.07, 6.45) is 8.21. The molecule has 0 unspecified atom stereocenters. The van der Waals surface area contributed by atoms with Crippen molar-refractivity contribution >= 4 is 42.6 Å². The van der Waals surface area contributed by atoms with E-state index in [1.807, 2.05) is 23.0 Å². The number of fused-ring (bicyclic) bond motifs is 1. The number of thioether (sulfide) groups is 1. The molecule has 1 aliphatic rings. The standard InChI is InChI=1S/C21H25N6O5PS/c1-13(20(28)29)26-33(30,32-16-6-4-3-5-7-16)31-11-14-8-9-15(10-14)27-12-23-17-18(27)24-21(22)25-19(17)34-2/h3-9,12-15H,10-11H2,1-2H3,(H,26,30)(H,28,29)(H2,22,24,25)/t13-,14+,15-,33+/m0/s1. The van der Waals surface area contributed by atoms with E-state index in [1.54, 1.807) is 36.7 Å². The zero-order valence-electron chi connectivity index (χ0n) is 18.6. The Labute approximate surface area is 200 Å². The summed E-state index contributed by atoms with van der Waals surface area (Å²) in [5.41, 5.74) is 7.19. The van der Waals surface area contributed by atoms with Crippen LogP contribution in [0.5, 0.6) is 5.75 Å². The highest BCUT2D eigenvalue weighted by atomic mass is 32.2. The molecule has 180 valence electrons. The van der Waals surface area contributed by atoms with Gasteiger partial charge in [-0.15, -0.1) is 11.8 Å². The Bertz CT molecular complexity index is 1250. The molecule has 3 aromatic rings. The number of carboxylic acid groups (broad SMARTS) is 1. The number of carbonyl (C=O) groups is 1. The van der Waals surface area contributed by atoms with Gasteiger partial charge in [0.15, 0.2) is 5.65 Å². The number of imidazole rings is 1. The van der Waals surface area contributed by atoms with E-state index >= 15 is 0 Å². The molecule has 4 rings (SSSR count). The van der Waals surface area contributed by atoms with Gasteiger partial charge in [-0.2, -0.15) is 10.1 Å². The second-order valence-electron chi connectivity index (χ2n) is 7.75. The van der Waals surface area contributed by atoms with Gasteiger partial charge in [-0.3, -0.25) is 9.32 Å². The smallest absolute Gasteiger partial charge is 0.459 e. The molecule has 0 saturated heterocycles. The highest BCUT2D eigenvalue weighted by Gasteiger charge is 2.33. The predicted octanol–water partition coefficient (Wildman–Crippen LogP) is 3.51. The molecule has 34 heavy (non-hydrogen) atoms. The van der Waals surface area contributed by atoms with Gasteiger partial charge in [0.25, 0.3) is 0 Å². The second-order valence-corrected chi connectivity index (χ2v) is 10.2. The summed E-state index contributed by atoms with van der Waals surface area (Å²) >= 11 is 1.45. The Morgan fingerprint density at radius 1 is 1.35 bits per heavy atom. The molecule has 4 atom stereocenters. The largest absolute Gasteiger partial charge is 0.480 e. The summed E-state index contributed by atoms with van der Waals surface area (Å²) in [6.45, 7) is 1.44. The summed E-state index contributed by atoms with van der Waals surface area (Å²) in [5, 5.41) is 12.4. The van der Waals surface area contributed by atoms with Crippen LogP contribution < -0.4 is 15.3 Å². The molecular weight excluding hydrogens is 479 g/mol. The molecule has 0 amide bonds. The number of anilines is 1. The second kappa shape index (κ2) is 10.1. The van der Waals surface area contributed by atoms with Crippen molar-refractivity contribution in [3.05, 3.63) is 48.8 Å². The zero-order chi connectivity index (χ0) is 24.3. The van der Waals surface area contributed by atoms with Gasteiger partial charge in [0.05, 0.1) is 19.0 Å². The van der Waals surface area contributed by atoms with Gasteiger partial charge in [0.2, 0.25) is 5.95 Å². The number of nitrogens with two attached hydrogens (primary N) is 1. The van der Waals surface area contributed by atoms with Crippen LogP contribution in [0, 0.1) is 5.92 Å². The SMILES string of the molecule is CSc1nc(N)nc2c1ncn2[C@H]1C=C[C@@H](CO[P@](=O)(N[C@@H](C)C(=O)O)Oc2ccccc2)C1. The fourth-order valence-electron chi connectivity index (χ4n) is 3.57. The van der Waals surface area contributed by atoms with Crippen LogP contribution in [0.3, 0.4) is 0 Å². The van der Waals surface area contributed by atoms with Crippen LogP contribution in [0.1, 0.15) is 19.4 Å². The predicted molar refractivity (Wildman–Crippen MR) is 129 cm³/mol. The first kappa shape index (κ1) is 24.2. The van der Waals surface area contributed by atoms with Gasteiger partial charge >= 0.3 is 13.7 Å². The fourth-order valence-corrected chi connectivity index (χ4v) is 5.64. The number of nitrogens with one attached hydrogen (secondary N) is 1. The lowest BCUT2D eigenvalue weighted by Gasteiger charge is -2.23. The minimum atomic E-state index is -3.96. The molecule has 0 saturated carbocycles. The molecule has 0 radical (unpaired) electrons. The lowest BCUT2D eigenvalue weighted by atomic mass is 10.1. The van der Waals surface area contributed by atoms with E-state index < -0.39 is 19.8 Å². The number of nitrogen functional groups attached to an aromatic ring is 1. The first-order valence-corrected chi connectivity index (χ1v) is 13.3. The van der Waals surface area contributed by atoms with Crippen LogP contribution in [0.25, 0.3) is 11.2 Å². The third kappa shape index (κ3) is 5.41. The van der Waals surface area contributed by atoms with Gasteiger partial charge in [-0.1, -0.05) is 30.4 Å². The number of nitrogens with zero attached hydrogens (tertiary/aromatic N) is 4. The van der Waals surface area contributed by atoms with Gasteiger partial charge in [-0.25, -0.2) is 14.5 Å². The van der Waals surface area contributed by atoms with Gasteiger partial charge in [0.1, 0.15) is 22.3 Å². The molecule has 2 heterocycles. The normalized spacial score (nSPS) is 20.3. The maximum absolute atomic E-state index is 13.4. The van der Waals surface area contributed by atoms with Crippen molar-refractivity contribution in [2.24, 2.45) is 5.92 Å². The molecule has 11 nitrogen and oxygen atoms in total. The molecule has 1 aliphatic carbocycles. The Balaban J connectivity index is 1.46. The van der Waals surface area contributed by atoms with Crippen molar-refractivity contribution in [3.63, 3.8) is 0 Å². The van der Waals surface area contributed by atoms with Gasteiger partial charge in [0, 0.05) is 5.92 Å². The summed E-state index contributed by atoms with van der Waals surface area (Å²) in [7, 11) is -3.96. The lowest BCUT2D eigenvalue weighted by molar-refractivity contribution is -0.138. The molecule has 13 heteroatoms. The maximum Gasteiger partial charge on any atom is 0.459 e. The van der Waals surface area contributed by atoms with E-state index in [9.17, 15) is 14.5 Å². The minimum Gasteiger partial charge on any atom is -0.480 e. The minimum absolute atomic E-state index is 0.0528. The summed E-state index contributed by atoms with van der Waals surface area (Å²) < 4.78 is 26.5. The van der Waals surface area contributed by atoms with E-state index in [0.29, 0.717) is 28.4 Å². The Kier molecular flexibility index (Phi) is 7.22. The number of aliphatic carboxylic acids is 1. The molecular formula is C21H25N6O5PS. The number of rotatable bonds is 10. The molecule has 0 spiro atoms. The number of para-hydroxylation sites is 1. The highest BCUT2D eigenvalue weighted by Crippen LogP contribution is 2.46. The van der Waals surface area contributed by atoms with Crippen LogP contribution in [0.2, 0.25) is 0 Å². The van der Waals surface area contributed by atoms with Gasteiger partial charge in [-0.05, 0) is 31.7 Å². The van der Waals surface area contributed by atoms with Crippen molar-refractivity contribution in [1.82, 2.24) is 24.6 Å². The van der Waals surface area contributed by atoms with E-state index in [0.717, 1.165) is 0 Å². The van der Waals surface area contributed by atoms with Crippen molar-refractivity contribution in [2.75, 3.05) is 18.6 Å². The van der Waals surface area contributed by atoms with E-state index in [2.05, 4.69) is 20.0 Å². The van der Waals surface area contributed by atoms with Crippen molar-refractivity contribution < 1.29 is 23.5 Å². The van der Waals surface area contributed by atoms with Crippen molar-refractivity contribution in [3.8, 4) is 5.75 Å². The topological polar surface area (TPSA) is 154 Å². The average Bonchev–Trinajstić information content (AvgIpc) is 3.44. The number of hydrogen-bond acceptors (Lipinski definition) is 9. The quantitative estimate of drug-likeness (QED) is 0.161. The Morgan fingerprint density at radius 2 is 2.12 bits per heavy atom. The number of benzene rings is 1. The summed E-state index contributed by atoms with van der Waals surface area (Å²) in [4.78, 5) is 24.3. The molecule has 0 fully saturated rings. The van der Waals surface area contributed by atoms with Crippen LogP contribution in [-0.4, -0.2) is 49.5 Å². The molecule has 0 aliphatic heterocycles. The molecule has 1 aromatic carbocycles. The first-order chi connectivity index (χ1) is 16.3. The Hall–Kier alpha value is -2.92. The average molecular weight is 505 g/mol. The number of aromatic nitrogens is 4. The molecule has 2 aromatic heterocycles. The summed E-state index contributed by atoms with van der Waals surface area (Å²) in [6, 6.07) is 7.29. The zero-order valence-corrected chi connectivity index (χ0v) is 20.3. The summed E-state index contributed by atoms with van der Waals surface area (Å²) in [5.74, 6) is -0.768. The number of hydrogen-bond donors (Lipinski definition) is 3. The van der Waals surface area contributed by atoms with Crippen molar-refractivity contribution in [1.29, 1.82) is 0 Å².